The number of fused-ring (bicyclic) bond motifs is 1. The van der Waals surface area contributed by atoms with Crippen LogP contribution in [0.3, 0.4) is 0 Å². The fourth-order valence-electron chi connectivity index (χ4n) is 5.50. The number of Topliss-reactive ketones (excluding diaryl/α,β-unsaturated/α-hetero) is 1. The molecule has 3 aliphatic rings. The van der Waals surface area contributed by atoms with Gasteiger partial charge in [0, 0.05) is 38.4 Å². The summed E-state index contributed by atoms with van der Waals surface area (Å²) in [6, 6.07) is 5.60. The second-order valence-corrected chi connectivity index (χ2v) is 10.6. The zero-order valence-electron chi connectivity index (χ0n) is 21.1. The van der Waals surface area contributed by atoms with Gasteiger partial charge in [0.15, 0.2) is 5.78 Å². The van der Waals surface area contributed by atoms with Gasteiger partial charge in [-0.1, -0.05) is 13.8 Å². The van der Waals surface area contributed by atoms with Gasteiger partial charge in [-0.15, -0.1) is 0 Å². The third kappa shape index (κ3) is 5.19. The zero-order valence-corrected chi connectivity index (χ0v) is 21.1. The van der Waals surface area contributed by atoms with Gasteiger partial charge < -0.3 is 25.3 Å². The molecular formula is C26H37N5O4. The van der Waals surface area contributed by atoms with Gasteiger partial charge in [0.05, 0.1) is 18.5 Å². The monoisotopic (exact) mass is 483 g/mol. The minimum Gasteiger partial charge on any atom is -0.378 e. The normalized spacial score (nSPS) is 24.6. The van der Waals surface area contributed by atoms with Crippen molar-refractivity contribution < 1.29 is 19.2 Å². The summed E-state index contributed by atoms with van der Waals surface area (Å²) in [5.74, 6) is -0.556. The molecule has 190 valence electrons. The Kier molecular flexibility index (Phi) is 7.44. The van der Waals surface area contributed by atoms with Gasteiger partial charge in [-0.25, -0.2) is 0 Å². The molecule has 4 rings (SSSR count). The fraction of sp³-hybridized carbons (Fsp3) is 0.615. The summed E-state index contributed by atoms with van der Waals surface area (Å²) in [6.45, 7) is 5.93. The van der Waals surface area contributed by atoms with E-state index in [0.29, 0.717) is 31.5 Å². The van der Waals surface area contributed by atoms with E-state index in [1.165, 1.54) is 0 Å². The Bertz CT molecular complexity index is 970. The fourth-order valence-corrected chi connectivity index (χ4v) is 5.50. The summed E-state index contributed by atoms with van der Waals surface area (Å²) in [4.78, 5) is 57.9. The van der Waals surface area contributed by atoms with Crippen LogP contribution in [-0.4, -0.2) is 91.7 Å². The van der Waals surface area contributed by atoms with E-state index >= 15 is 0 Å². The molecule has 4 unspecified atom stereocenters. The number of ketones is 1. The molecule has 3 heterocycles. The average Bonchev–Trinajstić information content (AvgIpc) is 3.56. The highest BCUT2D eigenvalue weighted by atomic mass is 16.2. The highest BCUT2D eigenvalue weighted by molar-refractivity contribution is 6.01. The van der Waals surface area contributed by atoms with Crippen LogP contribution in [0.1, 0.15) is 43.5 Å². The van der Waals surface area contributed by atoms with Crippen LogP contribution in [0.15, 0.2) is 24.3 Å². The molecule has 9 heteroatoms. The summed E-state index contributed by atoms with van der Waals surface area (Å²) < 4.78 is 0. The molecule has 3 saturated heterocycles. The Labute approximate surface area is 207 Å². The molecule has 35 heavy (non-hydrogen) atoms. The van der Waals surface area contributed by atoms with Crippen LogP contribution in [-0.2, 0) is 14.4 Å². The predicted octanol–water partition coefficient (Wildman–Crippen LogP) is 0.887. The van der Waals surface area contributed by atoms with E-state index in [9.17, 15) is 19.2 Å². The smallest absolute Gasteiger partial charge is 0.251 e. The van der Waals surface area contributed by atoms with E-state index in [4.69, 9.17) is 0 Å². The Morgan fingerprint density at radius 3 is 2.43 bits per heavy atom. The summed E-state index contributed by atoms with van der Waals surface area (Å²) in [7, 11) is 3.86. The number of nitrogens with zero attached hydrogens (tertiary/aromatic N) is 3. The molecule has 1 aromatic carbocycles. The van der Waals surface area contributed by atoms with Crippen LogP contribution in [0, 0.1) is 11.8 Å². The first-order valence-corrected chi connectivity index (χ1v) is 12.6. The summed E-state index contributed by atoms with van der Waals surface area (Å²) >= 11 is 0. The van der Waals surface area contributed by atoms with Crippen LogP contribution < -0.4 is 15.5 Å². The Morgan fingerprint density at radius 1 is 1.11 bits per heavy atom. The maximum Gasteiger partial charge on any atom is 0.251 e. The van der Waals surface area contributed by atoms with Crippen LogP contribution >= 0.6 is 0 Å². The lowest BCUT2D eigenvalue weighted by molar-refractivity contribution is -0.138. The Hall–Kier alpha value is -2.94. The minimum atomic E-state index is -0.730. The quantitative estimate of drug-likeness (QED) is 0.597. The van der Waals surface area contributed by atoms with Gasteiger partial charge in [0.1, 0.15) is 12.1 Å². The summed E-state index contributed by atoms with van der Waals surface area (Å²) in [5, 5.41) is 6.13. The third-order valence-electron chi connectivity index (χ3n) is 7.35. The highest BCUT2D eigenvalue weighted by Crippen LogP contribution is 2.32. The molecule has 3 amide bonds. The molecule has 9 nitrogen and oxygen atoms in total. The number of amides is 3. The first kappa shape index (κ1) is 25.2. The number of likely N-dealkylation sites (tertiary alicyclic amines) is 2. The Balaban J connectivity index is 1.47. The summed E-state index contributed by atoms with van der Waals surface area (Å²) in [6.07, 6.45) is 1.84. The van der Waals surface area contributed by atoms with Crippen molar-refractivity contribution in [2.75, 3.05) is 45.2 Å². The number of rotatable bonds is 7. The lowest BCUT2D eigenvalue weighted by Gasteiger charge is -2.29. The third-order valence-corrected chi connectivity index (χ3v) is 7.35. The molecule has 0 aromatic heterocycles. The number of nitrogens with one attached hydrogen (secondary N) is 2. The van der Waals surface area contributed by atoms with Crippen LogP contribution in [0.4, 0.5) is 5.69 Å². The molecule has 0 radical (unpaired) electrons. The van der Waals surface area contributed by atoms with Crippen molar-refractivity contribution in [3.63, 3.8) is 0 Å². The zero-order chi connectivity index (χ0) is 25.3. The van der Waals surface area contributed by atoms with Gasteiger partial charge in [-0.05, 0) is 56.0 Å². The second-order valence-electron chi connectivity index (χ2n) is 10.6. The number of hydrogen-bond acceptors (Lipinski definition) is 6. The van der Waals surface area contributed by atoms with E-state index in [1.807, 2.05) is 45.0 Å². The Morgan fingerprint density at radius 2 is 1.83 bits per heavy atom. The number of carbonyl (C=O) groups is 4. The molecule has 0 saturated carbocycles. The lowest BCUT2D eigenvalue weighted by Crippen LogP contribution is -2.53. The second kappa shape index (κ2) is 10.4. The van der Waals surface area contributed by atoms with Crippen molar-refractivity contribution in [2.45, 2.75) is 51.2 Å². The van der Waals surface area contributed by atoms with Gasteiger partial charge in [-0.3, -0.25) is 19.2 Å². The number of carbonyl (C=O) groups excluding carboxylic acids is 4. The van der Waals surface area contributed by atoms with Gasteiger partial charge >= 0.3 is 0 Å². The van der Waals surface area contributed by atoms with E-state index < -0.39 is 12.1 Å². The van der Waals surface area contributed by atoms with Crippen molar-refractivity contribution in [1.82, 2.24) is 20.4 Å². The standard InChI is InChI=1S/C26H37N5O4/c1-16(2)13-20(28-24(33)17-5-7-19(8-6-17)29(3)4)26(35)30-12-10-21-23(30)22(32)15-31(21)25(34)18-9-11-27-14-18/h5-8,16,18,20-21,23,27H,9-15H2,1-4H3,(H,28,33). The molecule has 3 fully saturated rings. The molecule has 3 aliphatic heterocycles. The van der Waals surface area contributed by atoms with Gasteiger partial charge in [-0.2, -0.15) is 0 Å². The minimum absolute atomic E-state index is 0.0124. The number of benzene rings is 1. The lowest BCUT2D eigenvalue weighted by atomic mass is 10.0. The number of anilines is 1. The SMILES string of the molecule is CC(C)CC(NC(=O)c1ccc(N(C)C)cc1)C(=O)N1CCC2C1C(=O)CN2C(=O)C1CCNC1. The van der Waals surface area contributed by atoms with Crippen molar-refractivity contribution >= 4 is 29.2 Å². The number of hydrogen-bond donors (Lipinski definition) is 2. The van der Waals surface area contributed by atoms with Crippen molar-refractivity contribution in [3.8, 4) is 0 Å². The van der Waals surface area contributed by atoms with E-state index in [2.05, 4.69) is 10.6 Å². The highest BCUT2D eigenvalue weighted by Gasteiger charge is 2.53. The van der Waals surface area contributed by atoms with Crippen molar-refractivity contribution in [3.05, 3.63) is 29.8 Å². The van der Waals surface area contributed by atoms with Crippen LogP contribution in [0.2, 0.25) is 0 Å². The van der Waals surface area contributed by atoms with Gasteiger partial charge in [0.2, 0.25) is 11.8 Å². The van der Waals surface area contributed by atoms with Crippen molar-refractivity contribution in [2.24, 2.45) is 11.8 Å². The molecule has 4 atom stereocenters. The molecule has 0 aliphatic carbocycles. The maximum atomic E-state index is 13.7. The molecule has 1 aromatic rings. The van der Waals surface area contributed by atoms with E-state index in [-0.39, 0.29) is 47.9 Å². The first-order chi connectivity index (χ1) is 16.7. The van der Waals surface area contributed by atoms with Crippen molar-refractivity contribution in [1.29, 1.82) is 0 Å². The maximum absolute atomic E-state index is 13.7. The van der Waals surface area contributed by atoms with E-state index in [0.717, 1.165) is 18.7 Å². The molecule has 0 bridgehead atoms. The predicted molar refractivity (Wildman–Crippen MR) is 133 cm³/mol. The van der Waals surface area contributed by atoms with Gasteiger partial charge in [0.25, 0.3) is 5.91 Å². The first-order valence-electron chi connectivity index (χ1n) is 12.6. The van der Waals surface area contributed by atoms with Crippen LogP contribution in [0.25, 0.3) is 0 Å². The molecule has 0 spiro atoms. The largest absolute Gasteiger partial charge is 0.378 e. The average molecular weight is 484 g/mol. The molecule has 2 N–H and O–H groups in total. The van der Waals surface area contributed by atoms with Crippen LogP contribution in [0.5, 0.6) is 0 Å². The van der Waals surface area contributed by atoms with E-state index in [1.54, 1.807) is 21.9 Å². The summed E-state index contributed by atoms with van der Waals surface area (Å²) in [5.41, 5.74) is 1.46. The topological polar surface area (TPSA) is 102 Å². The molecular weight excluding hydrogens is 446 g/mol.